The molecular formula is C16H15N3O. The number of nitrogens with zero attached hydrogens (tertiary/aromatic N) is 2. The van der Waals surface area contributed by atoms with E-state index in [2.05, 4.69) is 10.4 Å². The Morgan fingerprint density at radius 3 is 2.75 bits per heavy atom. The highest BCUT2D eigenvalue weighted by Crippen LogP contribution is 2.13. The number of imidazole rings is 1. The highest BCUT2D eigenvalue weighted by atomic mass is 16.2. The molecule has 4 nitrogen and oxygen atoms in total. The van der Waals surface area contributed by atoms with Crippen molar-refractivity contribution >= 4 is 16.9 Å². The number of rotatable bonds is 2. The van der Waals surface area contributed by atoms with Gasteiger partial charge in [0.15, 0.2) is 0 Å². The molecule has 1 aromatic heterocycles. The summed E-state index contributed by atoms with van der Waals surface area (Å²) in [6, 6.07) is 13.5. The third-order valence-electron chi connectivity index (χ3n) is 3.30. The fourth-order valence-corrected chi connectivity index (χ4v) is 2.29. The van der Waals surface area contributed by atoms with Gasteiger partial charge in [0, 0.05) is 5.56 Å². The molecule has 0 saturated carbocycles. The molecule has 0 aliphatic carbocycles. The molecule has 0 atom stereocenters. The molecule has 3 rings (SSSR count). The number of carbonyl (C=O) groups is 1. The lowest BCUT2D eigenvalue weighted by atomic mass is 10.1. The molecule has 0 saturated heterocycles. The molecule has 0 aliphatic heterocycles. The average Bonchev–Trinajstić information content (AvgIpc) is 2.82. The summed E-state index contributed by atoms with van der Waals surface area (Å²) in [5.41, 5.74) is 7.38. The van der Waals surface area contributed by atoms with Gasteiger partial charge in [-0.05, 0) is 37.6 Å². The Morgan fingerprint density at radius 2 is 1.95 bits per heavy atom. The van der Waals surface area contributed by atoms with Crippen molar-refractivity contribution in [1.82, 2.24) is 9.66 Å². The number of amides is 1. The minimum atomic E-state index is -0.134. The van der Waals surface area contributed by atoms with Crippen molar-refractivity contribution in [3.05, 3.63) is 65.5 Å². The maximum atomic E-state index is 12.3. The van der Waals surface area contributed by atoms with Gasteiger partial charge in [-0.2, -0.15) is 0 Å². The normalized spacial score (nSPS) is 10.7. The molecule has 2 aromatic carbocycles. The molecule has 0 aliphatic rings. The predicted molar refractivity (Wildman–Crippen MR) is 79.3 cm³/mol. The molecule has 1 N–H and O–H groups in total. The summed E-state index contributed by atoms with van der Waals surface area (Å²) in [4.78, 5) is 16.6. The summed E-state index contributed by atoms with van der Waals surface area (Å²) in [6.45, 7) is 3.95. The van der Waals surface area contributed by atoms with Gasteiger partial charge in [0.05, 0.1) is 11.0 Å². The lowest BCUT2D eigenvalue weighted by Crippen LogP contribution is -2.22. The Labute approximate surface area is 117 Å². The Kier molecular flexibility index (Phi) is 2.99. The number of hydrogen-bond donors (Lipinski definition) is 1. The number of para-hydroxylation sites is 2. The summed E-state index contributed by atoms with van der Waals surface area (Å²) in [7, 11) is 0. The molecule has 4 heteroatoms. The molecule has 1 amide bonds. The van der Waals surface area contributed by atoms with Crippen LogP contribution in [-0.2, 0) is 0 Å². The van der Waals surface area contributed by atoms with Gasteiger partial charge in [0.25, 0.3) is 5.91 Å². The van der Waals surface area contributed by atoms with Crippen LogP contribution in [0.4, 0.5) is 0 Å². The molecular weight excluding hydrogens is 250 g/mol. The Morgan fingerprint density at radius 1 is 1.15 bits per heavy atom. The van der Waals surface area contributed by atoms with Crippen molar-refractivity contribution in [3.63, 3.8) is 0 Å². The lowest BCUT2D eigenvalue weighted by Gasteiger charge is -2.09. The zero-order chi connectivity index (χ0) is 14.1. The van der Waals surface area contributed by atoms with Gasteiger partial charge in [0.2, 0.25) is 0 Å². The fourth-order valence-electron chi connectivity index (χ4n) is 2.29. The van der Waals surface area contributed by atoms with E-state index in [9.17, 15) is 4.79 Å². The minimum Gasteiger partial charge on any atom is -0.267 e. The van der Waals surface area contributed by atoms with Crippen molar-refractivity contribution in [1.29, 1.82) is 0 Å². The van der Waals surface area contributed by atoms with Crippen molar-refractivity contribution in [2.45, 2.75) is 13.8 Å². The molecule has 3 aromatic rings. The minimum absolute atomic E-state index is 0.134. The van der Waals surface area contributed by atoms with Crippen LogP contribution in [0.25, 0.3) is 11.0 Å². The standard InChI is InChI=1S/C16H15N3O/c1-11-7-8-13(12(2)9-11)16(20)18-19-10-17-14-5-3-4-6-15(14)19/h3-10H,1-2H3,(H,18,20). The monoisotopic (exact) mass is 265 g/mol. The van der Waals surface area contributed by atoms with E-state index in [0.717, 1.165) is 22.2 Å². The second-order valence-corrected chi connectivity index (χ2v) is 4.86. The number of carbonyl (C=O) groups excluding carboxylic acids is 1. The molecule has 1 heterocycles. The van der Waals surface area contributed by atoms with Gasteiger partial charge in [-0.25, -0.2) is 9.66 Å². The molecule has 0 radical (unpaired) electrons. The van der Waals surface area contributed by atoms with Crippen molar-refractivity contribution in [2.75, 3.05) is 5.43 Å². The summed E-state index contributed by atoms with van der Waals surface area (Å²) in [5.74, 6) is -0.134. The highest BCUT2D eigenvalue weighted by molar-refractivity contribution is 6.01. The van der Waals surface area contributed by atoms with Crippen LogP contribution in [-0.4, -0.2) is 15.6 Å². The van der Waals surface area contributed by atoms with Crippen molar-refractivity contribution in [3.8, 4) is 0 Å². The van der Waals surface area contributed by atoms with Gasteiger partial charge >= 0.3 is 0 Å². The van der Waals surface area contributed by atoms with Crippen LogP contribution in [0.1, 0.15) is 21.5 Å². The van der Waals surface area contributed by atoms with Gasteiger partial charge < -0.3 is 0 Å². The Hall–Kier alpha value is -2.62. The molecule has 0 spiro atoms. The van der Waals surface area contributed by atoms with E-state index < -0.39 is 0 Å². The van der Waals surface area contributed by atoms with Crippen LogP contribution in [0.3, 0.4) is 0 Å². The summed E-state index contributed by atoms with van der Waals surface area (Å²) < 4.78 is 1.65. The number of nitrogens with one attached hydrogen (secondary N) is 1. The number of fused-ring (bicyclic) bond motifs is 1. The number of aryl methyl sites for hydroxylation is 2. The first-order chi connectivity index (χ1) is 9.65. The number of hydrogen-bond acceptors (Lipinski definition) is 2. The first-order valence-corrected chi connectivity index (χ1v) is 6.46. The molecule has 20 heavy (non-hydrogen) atoms. The maximum Gasteiger partial charge on any atom is 0.270 e. The van der Waals surface area contributed by atoms with Gasteiger partial charge in [0.1, 0.15) is 6.33 Å². The van der Waals surface area contributed by atoms with E-state index in [4.69, 9.17) is 0 Å². The first kappa shape index (κ1) is 12.4. The van der Waals surface area contributed by atoms with Crippen LogP contribution < -0.4 is 5.43 Å². The van der Waals surface area contributed by atoms with E-state index in [0.29, 0.717) is 5.56 Å². The van der Waals surface area contributed by atoms with E-state index in [1.54, 1.807) is 11.0 Å². The lowest BCUT2D eigenvalue weighted by molar-refractivity contribution is 0.101. The number of benzene rings is 2. The smallest absolute Gasteiger partial charge is 0.267 e. The van der Waals surface area contributed by atoms with Crippen molar-refractivity contribution in [2.24, 2.45) is 0 Å². The summed E-state index contributed by atoms with van der Waals surface area (Å²) in [5, 5.41) is 0. The van der Waals surface area contributed by atoms with Gasteiger partial charge in [-0.15, -0.1) is 0 Å². The third kappa shape index (κ3) is 2.16. The third-order valence-corrected chi connectivity index (χ3v) is 3.30. The van der Waals surface area contributed by atoms with E-state index in [-0.39, 0.29) is 5.91 Å². The fraction of sp³-hybridized carbons (Fsp3) is 0.125. The van der Waals surface area contributed by atoms with Crippen molar-refractivity contribution < 1.29 is 4.79 Å². The Bertz CT molecular complexity index is 789. The Balaban J connectivity index is 1.92. The molecule has 0 bridgehead atoms. The summed E-state index contributed by atoms with van der Waals surface area (Å²) in [6.07, 6.45) is 1.62. The first-order valence-electron chi connectivity index (χ1n) is 6.46. The largest absolute Gasteiger partial charge is 0.270 e. The van der Waals surface area contributed by atoms with Gasteiger partial charge in [-0.1, -0.05) is 29.8 Å². The van der Waals surface area contributed by atoms with Crippen LogP contribution in [0.2, 0.25) is 0 Å². The maximum absolute atomic E-state index is 12.3. The second kappa shape index (κ2) is 4.81. The molecule has 0 fully saturated rings. The van der Waals surface area contributed by atoms with Crippen LogP contribution in [0, 0.1) is 13.8 Å². The second-order valence-electron chi connectivity index (χ2n) is 4.86. The number of aromatic nitrogens is 2. The average molecular weight is 265 g/mol. The zero-order valence-electron chi connectivity index (χ0n) is 11.4. The van der Waals surface area contributed by atoms with E-state index in [1.807, 2.05) is 56.3 Å². The highest BCUT2D eigenvalue weighted by Gasteiger charge is 2.10. The topological polar surface area (TPSA) is 46.9 Å². The van der Waals surface area contributed by atoms with E-state index in [1.165, 1.54) is 0 Å². The van der Waals surface area contributed by atoms with E-state index >= 15 is 0 Å². The molecule has 0 unspecified atom stereocenters. The van der Waals surface area contributed by atoms with Crippen LogP contribution in [0.5, 0.6) is 0 Å². The molecule has 100 valence electrons. The SMILES string of the molecule is Cc1ccc(C(=O)Nn2cnc3ccccc32)c(C)c1. The zero-order valence-corrected chi connectivity index (χ0v) is 11.4. The van der Waals surface area contributed by atoms with Gasteiger partial charge in [-0.3, -0.25) is 10.2 Å². The summed E-state index contributed by atoms with van der Waals surface area (Å²) >= 11 is 0. The van der Waals surface area contributed by atoms with Crippen LogP contribution in [0.15, 0.2) is 48.8 Å². The predicted octanol–water partition coefficient (Wildman–Crippen LogP) is 3.04. The van der Waals surface area contributed by atoms with Crippen LogP contribution >= 0.6 is 0 Å². The quantitative estimate of drug-likeness (QED) is 0.774.